The smallest absolute Gasteiger partial charge is 0.166 e. The molecule has 0 fully saturated rings. The average molecular weight is 311 g/mol. The molecule has 0 saturated carbocycles. The van der Waals surface area contributed by atoms with Crippen LogP contribution in [0.5, 0.6) is 0 Å². The van der Waals surface area contributed by atoms with Crippen molar-refractivity contribution in [2.24, 2.45) is 0 Å². The van der Waals surface area contributed by atoms with Gasteiger partial charge in [-0.05, 0) is 52.1 Å². The largest absolute Gasteiger partial charge is 0.363 e. The van der Waals surface area contributed by atoms with Crippen molar-refractivity contribution in [1.82, 2.24) is 25.3 Å². The van der Waals surface area contributed by atoms with Crippen LogP contribution in [0.15, 0.2) is 6.20 Å². The minimum Gasteiger partial charge on any atom is -0.363 e. The van der Waals surface area contributed by atoms with E-state index >= 15 is 0 Å². The third-order valence-corrected chi connectivity index (χ3v) is 4.06. The van der Waals surface area contributed by atoms with E-state index < -0.39 is 0 Å². The van der Waals surface area contributed by atoms with Gasteiger partial charge in [0.25, 0.3) is 0 Å². The molecular formula is C15H29N5S. The first kappa shape index (κ1) is 17.9. The fourth-order valence-electron chi connectivity index (χ4n) is 2.26. The molecule has 0 aliphatic rings. The van der Waals surface area contributed by atoms with Crippen molar-refractivity contribution < 1.29 is 0 Å². The van der Waals surface area contributed by atoms with Crippen LogP contribution in [0.2, 0.25) is 0 Å². The van der Waals surface area contributed by atoms with Crippen LogP contribution in [-0.4, -0.2) is 46.0 Å². The van der Waals surface area contributed by atoms with E-state index in [1.165, 1.54) is 11.3 Å². The van der Waals surface area contributed by atoms with Crippen LogP contribution in [0.25, 0.3) is 0 Å². The SMILES string of the molecule is CCN(CC)CCCNC(=S)NCc1cnn(CC)c1C. The Morgan fingerprint density at radius 1 is 1.29 bits per heavy atom. The number of aromatic nitrogens is 2. The molecule has 1 heterocycles. The number of hydrogen-bond donors (Lipinski definition) is 2. The summed E-state index contributed by atoms with van der Waals surface area (Å²) in [6, 6.07) is 0. The molecule has 120 valence electrons. The summed E-state index contributed by atoms with van der Waals surface area (Å²) in [5, 5.41) is 11.6. The molecule has 0 unspecified atom stereocenters. The summed E-state index contributed by atoms with van der Waals surface area (Å²) in [6.45, 7) is 14.5. The van der Waals surface area contributed by atoms with Gasteiger partial charge in [-0.1, -0.05) is 13.8 Å². The van der Waals surface area contributed by atoms with Crippen molar-refractivity contribution in [3.05, 3.63) is 17.5 Å². The van der Waals surface area contributed by atoms with E-state index in [0.717, 1.165) is 50.8 Å². The van der Waals surface area contributed by atoms with Crippen molar-refractivity contribution in [3.63, 3.8) is 0 Å². The second-order valence-corrected chi connectivity index (χ2v) is 5.47. The maximum Gasteiger partial charge on any atom is 0.166 e. The summed E-state index contributed by atoms with van der Waals surface area (Å²) in [5.41, 5.74) is 2.40. The molecule has 0 aromatic carbocycles. The molecule has 0 amide bonds. The van der Waals surface area contributed by atoms with Crippen LogP contribution in [-0.2, 0) is 13.1 Å². The molecule has 5 nitrogen and oxygen atoms in total. The van der Waals surface area contributed by atoms with Gasteiger partial charge in [-0.3, -0.25) is 4.68 Å². The summed E-state index contributed by atoms with van der Waals surface area (Å²) in [7, 11) is 0. The van der Waals surface area contributed by atoms with Gasteiger partial charge in [0, 0.05) is 30.9 Å². The van der Waals surface area contributed by atoms with E-state index in [0.29, 0.717) is 0 Å². The van der Waals surface area contributed by atoms with E-state index in [9.17, 15) is 0 Å². The summed E-state index contributed by atoms with van der Waals surface area (Å²) < 4.78 is 2.00. The van der Waals surface area contributed by atoms with Gasteiger partial charge in [0.05, 0.1) is 6.20 Å². The first-order valence-corrected chi connectivity index (χ1v) is 8.28. The van der Waals surface area contributed by atoms with Gasteiger partial charge in [-0.2, -0.15) is 5.10 Å². The van der Waals surface area contributed by atoms with Crippen LogP contribution >= 0.6 is 12.2 Å². The van der Waals surface area contributed by atoms with E-state index in [2.05, 4.69) is 48.3 Å². The Bertz CT molecular complexity index is 426. The second kappa shape index (κ2) is 9.73. The lowest BCUT2D eigenvalue weighted by Crippen LogP contribution is -2.36. The van der Waals surface area contributed by atoms with E-state index in [-0.39, 0.29) is 0 Å². The molecular weight excluding hydrogens is 282 g/mol. The zero-order valence-corrected chi connectivity index (χ0v) is 14.6. The molecule has 1 aromatic rings. The Hall–Kier alpha value is -1.14. The normalized spacial score (nSPS) is 10.9. The molecule has 0 bridgehead atoms. The van der Waals surface area contributed by atoms with Crippen LogP contribution in [0, 0.1) is 6.92 Å². The van der Waals surface area contributed by atoms with Crippen molar-refractivity contribution in [3.8, 4) is 0 Å². The van der Waals surface area contributed by atoms with Crippen LogP contribution in [0.1, 0.15) is 38.4 Å². The van der Waals surface area contributed by atoms with Gasteiger partial charge >= 0.3 is 0 Å². The third kappa shape index (κ3) is 6.01. The molecule has 2 N–H and O–H groups in total. The van der Waals surface area contributed by atoms with E-state index in [1.807, 2.05) is 10.9 Å². The Morgan fingerprint density at radius 3 is 2.57 bits per heavy atom. The number of hydrogen-bond acceptors (Lipinski definition) is 3. The van der Waals surface area contributed by atoms with Crippen LogP contribution in [0.4, 0.5) is 0 Å². The highest BCUT2D eigenvalue weighted by atomic mass is 32.1. The second-order valence-electron chi connectivity index (χ2n) is 5.06. The number of rotatable bonds is 9. The first-order chi connectivity index (χ1) is 10.1. The van der Waals surface area contributed by atoms with Crippen LogP contribution in [0.3, 0.4) is 0 Å². The molecule has 0 aliphatic heterocycles. The van der Waals surface area contributed by atoms with Gasteiger partial charge in [-0.15, -0.1) is 0 Å². The summed E-state index contributed by atoms with van der Waals surface area (Å²) in [6.07, 6.45) is 3.02. The fourth-order valence-corrected chi connectivity index (χ4v) is 2.43. The third-order valence-electron chi connectivity index (χ3n) is 3.77. The van der Waals surface area contributed by atoms with Crippen molar-refractivity contribution in [2.45, 2.75) is 47.2 Å². The monoisotopic (exact) mass is 311 g/mol. The molecule has 1 rings (SSSR count). The molecule has 0 spiro atoms. The quantitative estimate of drug-likeness (QED) is 0.539. The Labute approximate surface area is 134 Å². The molecule has 21 heavy (non-hydrogen) atoms. The van der Waals surface area contributed by atoms with Crippen molar-refractivity contribution >= 4 is 17.3 Å². The van der Waals surface area contributed by atoms with Gasteiger partial charge in [-0.25, -0.2) is 0 Å². The standard InChI is InChI=1S/C15H29N5S/c1-5-19(6-2)10-8-9-16-15(21)17-11-14-12-18-20(7-3)13(14)4/h12H,5-11H2,1-4H3,(H2,16,17,21). The fraction of sp³-hybridized carbons (Fsp3) is 0.733. The molecule has 1 aromatic heterocycles. The topological polar surface area (TPSA) is 45.1 Å². The molecule has 0 aliphatic carbocycles. The van der Waals surface area contributed by atoms with Crippen LogP contribution < -0.4 is 10.6 Å². The predicted molar refractivity (Wildman–Crippen MR) is 92.5 cm³/mol. The summed E-state index contributed by atoms with van der Waals surface area (Å²) >= 11 is 5.30. The van der Waals surface area contributed by atoms with Gasteiger partial charge in [0.2, 0.25) is 0 Å². The number of aryl methyl sites for hydroxylation is 1. The zero-order valence-electron chi connectivity index (χ0n) is 13.8. The summed E-state index contributed by atoms with van der Waals surface area (Å²) in [5.74, 6) is 0. The number of thiocarbonyl (C=S) groups is 1. The lowest BCUT2D eigenvalue weighted by molar-refractivity contribution is 0.300. The highest BCUT2D eigenvalue weighted by Gasteiger charge is 2.05. The average Bonchev–Trinajstić information content (AvgIpc) is 2.85. The minimum atomic E-state index is 0.721. The number of nitrogens with one attached hydrogen (secondary N) is 2. The highest BCUT2D eigenvalue weighted by Crippen LogP contribution is 2.06. The Morgan fingerprint density at radius 2 is 2.00 bits per heavy atom. The highest BCUT2D eigenvalue weighted by molar-refractivity contribution is 7.80. The van der Waals surface area contributed by atoms with E-state index in [4.69, 9.17) is 12.2 Å². The number of nitrogens with zero attached hydrogens (tertiary/aromatic N) is 3. The molecule has 0 atom stereocenters. The van der Waals surface area contributed by atoms with E-state index in [1.54, 1.807) is 0 Å². The maximum atomic E-state index is 5.30. The molecule has 0 radical (unpaired) electrons. The van der Waals surface area contributed by atoms with Gasteiger partial charge in [0.1, 0.15) is 0 Å². The van der Waals surface area contributed by atoms with Gasteiger partial charge < -0.3 is 15.5 Å². The lowest BCUT2D eigenvalue weighted by atomic mass is 10.2. The summed E-state index contributed by atoms with van der Waals surface area (Å²) in [4.78, 5) is 2.42. The lowest BCUT2D eigenvalue weighted by Gasteiger charge is -2.18. The maximum absolute atomic E-state index is 5.30. The minimum absolute atomic E-state index is 0.721. The first-order valence-electron chi connectivity index (χ1n) is 7.87. The molecule has 0 saturated heterocycles. The van der Waals surface area contributed by atoms with Crippen molar-refractivity contribution in [2.75, 3.05) is 26.2 Å². The van der Waals surface area contributed by atoms with Crippen molar-refractivity contribution in [1.29, 1.82) is 0 Å². The Balaban J connectivity index is 2.20. The Kier molecular flexibility index (Phi) is 8.30. The van der Waals surface area contributed by atoms with Gasteiger partial charge in [0.15, 0.2) is 5.11 Å². The zero-order chi connectivity index (χ0) is 15.7. The molecule has 6 heteroatoms. The predicted octanol–water partition coefficient (Wildman–Crippen LogP) is 1.91.